The summed E-state index contributed by atoms with van der Waals surface area (Å²) in [5, 5.41) is 15.4. The van der Waals surface area contributed by atoms with Gasteiger partial charge in [-0.25, -0.2) is 4.79 Å². The van der Waals surface area contributed by atoms with Gasteiger partial charge in [-0.2, -0.15) is 5.10 Å². The standard InChI is InChI=1S/C12H12N4O3/c1-16-7-8(5-15-16)4-14-11(17)10-3-2-9(6-13-10)12(18)19/h2-3,5-7H,4H2,1H3,(H,14,17)(H,18,19). The van der Waals surface area contributed by atoms with Crippen LogP contribution in [0, 0.1) is 0 Å². The molecule has 2 heterocycles. The number of aryl methyl sites for hydroxylation is 1. The SMILES string of the molecule is Cn1cc(CNC(=O)c2ccc(C(=O)O)cn2)cn1. The zero-order valence-corrected chi connectivity index (χ0v) is 10.2. The van der Waals surface area contributed by atoms with Crippen molar-refractivity contribution in [2.45, 2.75) is 6.54 Å². The first-order chi connectivity index (χ1) is 9.06. The average Bonchev–Trinajstić information content (AvgIpc) is 2.82. The molecule has 0 aliphatic heterocycles. The van der Waals surface area contributed by atoms with Crippen LogP contribution in [0.2, 0.25) is 0 Å². The Balaban J connectivity index is 1.98. The smallest absolute Gasteiger partial charge is 0.337 e. The Hall–Kier alpha value is -2.70. The fourth-order valence-corrected chi connectivity index (χ4v) is 1.49. The van der Waals surface area contributed by atoms with Crippen LogP contribution in [0.1, 0.15) is 26.4 Å². The zero-order chi connectivity index (χ0) is 13.8. The van der Waals surface area contributed by atoms with E-state index in [-0.39, 0.29) is 17.2 Å². The minimum absolute atomic E-state index is 0.0452. The summed E-state index contributed by atoms with van der Waals surface area (Å²) >= 11 is 0. The summed E-state index contributed by atoms with van der Waals surface area (Å²) in [6.45, 7) is 0.342. The maximum atomic E-state index is 11.8. The van der Waals surface area contributed by atoms with Crippen molar-refractivity contribution in [1.29, 1.82) is 0 Å². The Morgan fingerprint density at radius 1 is 1.37 bits per heavy atom. The second-order valence-electron chi connectivity index (χ2n) is 3.94. The van der Waals surface area contributed by atoms with Crippen molar-refractivity contribution >= 4 is 11.9 Å². The number of hydrogen-bond acceptors (Lipinski definition) is 4. The van der Waals surface area contributed by atoms with Crippen LogP contribution in [0.4, 0.5) is 0 Å². The predicted molar refractivity (Wildman–Crippen MR) is 65.6 cm³/mol. The van der Waals surface area contributed by atoms with Crippen molar-refractivity contribution in [1.82, 2.24) is 20.1 Å². The summed E-state index contributed by atoms with van der Waals surface area (Å²) in [4.78, 5) is 26.2. The summed E-state index contributed by atoms with van der Waals surface area (Å²) in [5.41, 5.74) is 1.09. The summed E-state index contributed by atoms with van der Waals surface area (Å²) in [7, 11) is 1.79. The fourth-order valence-electron chi connectivity index (χ4n) is 1.49. The molecule has 0 saturated carbocycles. The van der Waals surface area contributed by atoms with Gasteiger partial charge in [-0.15, -0.1) is 0 Å². The Bertz CT molecular complexity index is 604. The van der Waals surface area contributed by atoms with E-state index in [1.807, 2.05) is 0 Å². The molecule has 2 aromatic heterocycles. The normalized spacial score (nSPS) is 10.2. The first-order valence-corrected chi connectivity index (χ1v) is 5.51. The Morgan fingerprint density at radius 3 is 2.68 bits per heavy atom. The van der Waals surface area contributed by atoms with Crippen LogP contribution < -0.4 is 5.32 Å². The molecule has 0 radical (unpaired) electrons. The lowest BCUT2D eigenvalue weighted by Crippen LogP contribution is -2.23. The lowest BCUT2D eigenvalue weighted by Gasteiger charge is -2.03. The van der Waals surface area contributed by atoms with E-state index < -0.39 is 5.97 Å². The van der Waals surface area contributed by atoms with Crippen LogP contribution in [-0.4, -0.2) is 31.7 Å². The van der Waals surface area contributed by atoms with Crippen LogP contribution in [0.3, 0.4) is 0 Å². The number of pyridine rings is 1. The first-order valence-electron chi connectivity index (χ1n) is 5.51. The van der Waals surface area contributed by atoms with Crippen molar-refractivity contribution in [2.24, 2.45) is 7.05 Å². The maximum Gasteiger partial charge on any atom is 0.337 e. The molecule has 0 fully saturated rings. The number of rotatable bonds is 4. The highest BCUT2D eigenvalue weighted by Gasteiger charge is 2.09. The second kappa shape index (κ2) is 5.30. The van der Waals surface area contributed by atoms with E-state index in [9.17, 15) is 9.59 Å². The third-order valence-corrected chi connectivity index (χ3v) is 2.45. The van der Waals surface area contributed by atoms with E-state index >= 15 is 0 Å². The van der Waals surface area contributed by atoms with E-state index in [1.165, 1.54) is 12.1 Å². The molecule has 7 heteroatoms. The number of nitrogens with one attached hydrogen (secondary N) is 1. The zero-order valence-electron chi connectivity index (χ0n) is 10.2. The average molecular weight is 260 g/mol. The molecule has 98 valence electrons. The Labute approximate surface area is 108 Å². The number of hydrogen-bond donors (Lipinski definition) is 2. The molecule has 0 aliphatic carbocycles. The topological polar surface area (TPSA) is 97.1 Å². The van der Waals surface area contributed by atoms with Gasteiger partial charge in [-0.3, -0.25) is 14.5 Å². The highest BCUT2D eigenvalue weighted by atomic mass is 16.4. The third-order valence-electron chi connectivity index (χ3n) is 2.45. The molecule has 2 aromatic rings. The summed E-state index contributed by atoms with van der Waals surface area (Å²) in [6.07, 6.45) is 4.60. The lowest BCUT2D eigenvalue weighted by atomic mass is 10.2. The van der Waals surface area contributed by atoms with Crippen molar-refractivity contribution in [3.63, 3.8) is 0 Å². The number of aromatic nitrogens is 3. The molecule has 19 heavy (non-hydrogen) atoms. The van der Waals surface area contributed by atoms with Gasteiger partial charge in [0.1, 0.15) is 5.69 Å². The van der Waals surface area contributed by atoms with Crippen molar-refractivity contribution in [3.8, 4) is 0 Å². The summed E-state index contributed by atoms with van der Waals surface area (Å²) < 4.78 is 1.64. The fraction of sp³-hybridized carbons (Fsp3) is 0.167. The van der Waals surface area contributed by atoms with Gasteiger partial charge in [0.15, 0.2) is 0 Å². The molecule has 0 bridgehead atoms. The predicted octanol–water partition coefficient (Wildman–Crippen LogP) is 0.443. The van der Waals surface area contributed by atoms with Crippen LogP contribution >= 0.6 is 0 Å². The second-order valence-corrected chi connectivity index (χ2v) is 3.94. The minimum atomic E-state index is -1.07. The molecule has 0 unspecified atom stereocenters. The van der Waals surface area contributed by atoms with Crippen LogP contribution in [0.25, 0.3) is 0 Å². The molecule has 0 spiro atoms. The quantitative estimate of drug-likeness (QED) is 0.831. The monoisotopic (exact) mass is 260 g/mol. The molecule has 2 rings (SSSR count). The van der Waals surface area contributed by atoms with Crippen molar-refractivity contribution < 1.29 is 14.7 Å². The number of amides is 1. The summed E-state index contributed by atoms with van der Waals surface area (Å²) in [5.74, 6) is -1.43. The lowest BCUT2D eigenvalue weighted by molar-refractivity contribution is 0.0695. The van der Waals surface area contributed by atoms with Crippen LogP contribution in [0.5, 0.6) is 0 Å². The molecule has 0 atom stereocenters. The Kier molecular flexibility index (Phi) is 3.56. The number of carbonyl (C=O) groups is 2. The molecule has 7 nitrogen and oxygen atoms in total. The van der Waals surface area contributed by atoms with E-state index in [0.717, 1.165) is 11.8 Å². The van der Waals surface area contributed by atoms with Gasteiger partial charge in [0.2, 0.25) is 0 Å². The number of carbonyl (C=O) groups excluding carboxylic acids is 1. The van der Waals surface area contributed by atoms with Gasteiger partial charge in [-0.1, -0.05) is 0 Å². The van der Waals surface area contributed by atoms with Gasteiger partial charge in [0.05, 0.1) is 11.8 Å². The van der Waals surface area contributed by atoms with Crippen molar-refractivity contribution in [2.75, 3.05) is 0 Å². The molecular weight excluding hydrogens is 248 g/mol. The summed E-state index contributed by atoms with van der Waals surface area (Å²) in [6, 6.07) is 2.72. The number of carboxylic acids is 1. The Morgan fingerprint density at radius 2 is 2.16 bits per heavy atom. The number of carboxylic acid groups (broad SMARTS) is 1. The van der Waals surface area contributed by atoms with Crippen LogP contribution in [0.15, 0.2) is 30.7 Å². The van der Waals surface area contributed by atoms with Gasteiger partial charge >= 0.3 is 5.97 Å². The molecule has 2 N–H and O–H groups in total. The van der Waals surface area contributed by atoms with Gasteiger partial charge in [0, 0.05) is 31.5 Å². The third kappa shape index (κ3) is 3.15. The molecule has 0 aliphatic rings. The van der Waals surface area contributed by atoms with Crippen LogP contribution in [-0.2, 0) is 13.6 Å². The van der Waals surface area contributed by atoms with Gasteiger partial charge < -0.3 is 10.4 Å². The molecular formula is C12H12N4O3. The van der Waals surface area contributed by atoms with Crippen molar-refractivity contribution in [3.05, 3.63) is 47.5 Å². The van der Waals surface area contributed by atoms with E-state index in [2.05, 4.69) is 15.4 Å². The highest BCUT2D eigenvalue weighted by Crippen LogP contribution is 2.01. The molecule has 0 saturated heterocycles. The molecule has 1 amide bonds. The highest BCUT2D eigenvalue weighted by molar-refractivity contribution is 5.93. The van der Waals surface area contributed by atoms with E-state index in [0.29, 0.717) is 6.54 Å². The largest absolute Gasteiger partial charge is 0.478 e. The minimum Gasteiger partial charge on any atom is -0.478 e. The maximum absolute atomic E-state index is 11.8. The number of aromatic carboxylic acids is 1. The van der Waals surface area contributed by atoms with Gasteiger partial charge in [0.25, 0.3) is 5.91 Å². The first kappa shape index (κ1) is 12.7. The van der Waals surface area contributed by atoms with E-state index in [4.69, 9.17) is 5.11 Å². The number of nitrogens with zero attached hydrogens (tertiary/aromatic N) is 3. The molecule has 0 aromatic carbocycles. The van der Waals surface area contributed by atoms with Gasteiger partial charge in [-0.05, 0) is 12.1 Å². The van der Waals surface area contributed by atoms with E-state index in [1.54, 1.807) is 24.1 Å².